The fourth-order valence-corrected chi connectivity index (χ4v) is 3.82. The zero-order valence-electron chi connectivity index (χ0n) is 12.0. The van der Waals surface area contributed by atoms with Gasteiger partial charge in [0.25, 0.3) is 0 Å². The third-order valence-corrected chi connectivity index (χ3v) is 5.93. The van der Waals surface area contributed by atoms with Gasteiger partial charge in [-0.2, -0.15) is 0 Å². The van der Waals surface area contributed by atoms with E-state index in [-0.39, 0.29) is 11.6 Å². The van der Waals surface area contributed by atoms with Crippen molar-refractivity contribution in [2.24, 2.45) is 0 Å². The van der Waals surface area contributed by atoms with Gasteiger partial charge in [-0.25, -0.2) is 12.8 Å². The van der Waals surface area contributed by atoms with Crippen LogP contribution in [0.25, 0.3) is 0 Å². The number of carbonyl (C=O) groups is 1. The molecular weight excluding hydrogens is 293 g/mol. The molecule has 1 N–H and O–H groups in total. The number of halogens is 1. The van der Waals surface area contributed by atoms with E-state index >= 15 is 0 Å². The van der Waals surface area contributed by atoms with Crippen molar-refractivity contribution < 1.29 is 17.6 Å². The SMILES string of the molecule is C[C@H](C(=O)NC1CCCC1)S(=O)(=O)Cc1ccccc1F. The van der Waals surface area contributed by atoms with Gasteiger partial charge in [0.05, 0.1) is 5.75 Å². The highest BCUT2D eigenvalue weighted by atomic mass is 32.2. The van der Waals surface area contributed by atoms with Crippen LogP contribution in [0.1, 0.15) is 38.2 Å². The molecule has 1 aromatic carbocycles. The van der Waals surface area contributed by atoms with Gasteiger partial charge in [0, 0.05) is 11.6 Å². The lowest BCUT2D eigenvalue weighted by Gasteiger charge is -2.17. The third kappa shape index (κ3) is 4.03. The lowest BCUT2D eigenvalue weighted by atomic mass is 10.2. The highest BCUT2D eigenvalue weighted by Crippen LogP contribution is 2.19. The van der Waals surface area contributed by atoms with Gasteiger partial charge in [-0.3, -0.25) is 4.79 Å². The Morgan fingerprint density at radius 1 is 1.33 bits per heavy atom. The highest BCUT2D eigenvalue weighted by Gasteiger charge is 2.30. The summed E-state index contributed by atoms with van der Waals surface area (Å²) in [5.74, 6) is -1.51. The number of benzene rings is 1. The summed E-state index contributed by atoms with van der Waals surface area (Å²) in [6.45, 7) is 1.36. The van der Waals surface area contributed by atoms with Crippen LogP contribution in [0.15, 0.2) is 24.3 Å². The van der Waals surface area contributed by atoms with Crippen LogP contribution in [0.2, 0.25) is 0 Å². The van der Waals surface area contributed by atoms with Crippen molar-refractivity contribution in [1.82, 2.24) is 5.32 Å². The van der Waals surface area contributed by atoms with Crippen molar-refractivity contribution in [1.29, 1.82) is 0 Å². The fraction of sp³-hybridized carbons (Fsp3) is 0.533. The summed E-state index contributed by atoms with van der Waals surface area (Å²) in [5.41, 5.74) is 0.0954. The van der Waals surface area contributed by atoms with Gasteiger partial charge < -0.3 is 5.32 Å². The molecule has 1 aliphatic carbocycles. The number of rotatable bonds is 5. The first kappa shape index (κ1) is 15.9. The second kappa shape index (κ2) is 6.56. The van der Waals surface area contributed by atoms with E-state index in [0.717, 1.165) is 25.7 Å². The predicted octanol–water partition coefficient (Wildman–Crippen LogP) is 2.19. The van der Waals surface area contributed by atoms with Crippen molar-refractivity contribution in [2.45, 2.75) is 49.7 Å². The first-order valence-electron chi connectivity index (χ1n) is 7.15. The van der Waals surface area contributed by atoms with Crippen LogP contribution in [0, 0.1) is 5.82 Å². The smallest absolute Gasteiger partial charge is 0.238 e. The summed E-state index contributed by atoms with van der Waals surface area (Å²) in [7, 11) is -3.73. The number of sulfone groups is 1. The van der Waals surface area contributed by atoms with Crippen molar-refractivity contribution in [3.63, 3.8) is 0 Å². The summed E-state index contributed by atoms with van der Waals surface area (Å²) in [6.07, 6.45) is 3.90. The van der Waals surface area contributed by atoms with Gasteiger partial charge >= 0.3 is 0 Å². The molecule has 1 atom stereocenters. The molecule has 1 saturated carbocycles. The minimum atomic E-state index is -3.73. The van der Waals surface area contributed by atoms with E-state index in [9.17, 15) is 17.6 Å². The fourth-order valence-electron chi connectivity index (χ4n) is 2.51. The van der Waals surface area contributed by atoms with Crippen LogP contribution in [-0.2, 0) is 20.4 Å². The Hall–Kier alpha value is -1.43. The Kier molecular flexibility index (Phi) is 4.98. The summed E-state index contributed by atoms with van der Waals surface area (Å²) in [6, 6.07) is 5.80. The molecule has 0 aromatic heterocycles. The zero-order valence-corrected chi connectivity index (χ0v) is 12.8. The molecule has 0 spiro atoms. The van der Waals surface area contributed by atoms with Gasteiger partial charge in [0.2, 0.25) is 5.91 Å². The Morgan fingerprint density at radius 3 is 2.57 bits per heavy atom. The van der Waals surface area contributed by atoms with Crippen molar-refractivity contribution >= 4 is 15.7 Å². The largest absolute Gasteiger partial charge is 0.352 e. The lowest BCUT2D eigenvalue weighted by Crippen LogP contribution is -2.42. The maximum absolute atomic E-state index is 13.5. The molecule has 21 heavy (non-hydrogen) atoms. The number of nitrogens with one attached hydrogen (secondary N) is 1. The quantitative estimate of drug-likeness (QED) is 0.906. The molecule has 0 heterocycles. The molecule has 1 amide bonds. The Morgan fingerprint density at radius 2 is 1.95 bits per heavy atom. The van der Waals surface area contributed by atoms with Crippen LogP contribution in [0.3, 0.4) is 0 Å². The van der Waals surface area contributed by atoms with Gasteiger partial charge in [0.1, 0.15) is 11.1 Å². The molecule has 116 valence electrons. The standard InChI is InChI=1S/C15H20FNO3S/c1-11(15(18)17-13-7-3-4-8-13)21(19,20)10-12-6-2-5-9-14(12)16/h2,5-6,9,11,13H,3-4,7-8,10H2,1H3,(H,17,18)/t11-/m1/s1. The Labute approximate surface area is 124 Å². The molecule has 0 radical (unpaired) electrons. The third-order valence-electron chi connectivity index (χ3n) is 3.92. The average molecular weight is 313 g/mol. The van der Waals surface area contributed by atoms with E-state index in [0.29, 0.717) is 0 Å². The van der Waals surface area contributed by atoms with Crippen LogP contribution in [0.4, 0.5) is 4.39 Å². The Bertz CT molecular complexity index is 609. The van der Waals surface area contributed by atoms with Gasteiger partial charge in [-0.15, -0.1) is 0 Å². The molecule has 2 rings (SSSR count). The molecule has 0 aliphatic heterocycles. The van der Waals surface area contributed by atoms with Crippen LogP contribution < -0.4 is 5.32 Å². The first-order chi connectivity index (χ1) is 9.90. The molecule has 1 fully saturated rings. The zero-order chi connectivity index (χ0) is 15.5. The average Bonchev–Trinajstić information content (AvgIpc) is 2.93. The molecule has 1 aliphatic rings. The van der Waals surface area contributed by atoms with Gasteiger partial charge in [0.15, 0.2) is 9.84 Å². The number of amides is 1. The molecular formula is C15H20FNO3S. The monoisotopic (exact) mass is 313 g/mol. The van der Waals surface area contributed by atoms with Gasteiger partial charge in [-0.05, 0) is 25.8 Å². The van der Waals surface area contributed by atoms with Crippen molar-refractivity contribution in [2.75, 3.05) is 0 Å². The predicted molar refractivity (Wildman–Crippen MR) is 78.9 cm³/mol. The number of hydrogen-bond acceptors (Lipinski definition) is 3. The van der Waals surface area contributed by atoms with E-state index in [2.05, 4.69) is 5.32 Å². The summed E-state index contributed by atoms with van der Waals surface area (Å²) in [4.78, 5) is 12.0. The minimum absolute atomic E-state index is 0.0728. The summed E-state index contributed by atoms with van der Waals surface area (Å²) in [5, 5.41) is 1.60. The minimum Gasteiger partial charge on any atom is -0.352 e. The number of hydrogen-bond donors (Lipinski definition) is 1. The topological polar surface area (TPSA) is 63.2 Å². The molecule has 0 unspecified atom stereocenters. The van der Waals surface area contributed by atoms with E-state index in [1.807, 2.05) is 0 Å². The van der Waals surface area contributed by atoms with E-state index in [1.54, 1.807) is 6.07 Å². The van der Waals surface area contributed by atoms with E-state index in [1.165, 1.54) is 25.1 Å². The van der Waals surface area contributed by atoms with Gasteiger partial charge in [-0.1, -0.05) is 31.0 Å². The summed E-state index contributed by atoms with van der Waals surface area (Å²) >= 11 is 0. The highest BCUT2D eigenvalue weighted by molar-refractivity contribution is 7.92. The number of carbonyl (C=O) groups excluding carboxylic acids is 1. The van der Waals surface area contributed by atoms with Crippen molar-refractivity contribution in [3.05, 3.63) is 35.6 Å². The maximum Gasteiger partial charge on any atom is 0.238 e. The van der Waals surface area contributed by atoms with Crippen LogP contribution in [-0.4, -0.2) is 25.6 Å². The second-order valence-electron chi connectivity index (χ2n) is 5.53. The summed E-state index contributed by atoms with van der Waals surface area (Å²) < 4.78 is 38.0. The molecule has 0 bridgehead atoms. The lowest BCUT2D eigenvalue weighted by molar-refractivity contribution is -0.121. The second-order valence-corrected chi connectivity index (χ2v) is 7.85. The van der Waals surface area contributed by atoms with E-state index in [4.69, 9.17) is 0 Å². The van der Waals surface area contributed by atoms with Crippen LogP contribution >= 0.6 is 0 Å². The molecule has 0 saturated heterocycles. The molecule has 6 heteroatoms. The first-order valence-corrected chi connectivity index (χ1v) is 8.87. The van der Waals surface area contributed by atoms with Crippen LogP contribution in [0.5, 0.6) is 0 Å². The van der Waals surface area contributed by atoms with E-state index < -0.39 is 32.6 Å². The normalized spacial score (nSPS) is 17.6. The maximum atomic E-state index is 13.5. The molecule has 4 nitrogen and oxygen atoms in total. The Balaban J connectivity index is 2.04. The van der Waals surface area contributed by atoms with Crippen molar-refractivity contribution in [3.8, 4) is 0 Å². The molecule has 1 aromatic rings.